The van der Waals surface area contributed by atoms with Crippen molar-refractivity contribution in [2.75, 3.05) is 39.3 Å². The van der Waals surface area contributed by atoms with E-state index in [1.54, 1.807) is 0 Å². The van der Waals surface area contributed by atoms with Crippen molar-refractivity contribution in [2.24, 2.45) is 5.92 Å². The lowest BCUT2D eigenvalue weighted by atomic mass is 10.1. The number of rotatable bonds is 7. The van der Waals surface area contributed by atoms with E-state index in [1.807, 2.05) is 22.7 Å². The maximum atomic E-state index is 12.8. The van der Waals surface area contributed by atoms with Gasteiger partial charge in [-0.2, -0.15) is 0 Å². The Hall–Kier alpha value is -2.03. The lowest BCUT2D eigenvalue weighted by molar-refractivity contribution is 0.0437. The van der Waals surface area contributed by atoms with Crippen molar-refractivity contribution >= 4 is 11.6 Å². The molecule has 8 heteroatoms. The lowest BCUT2D eigenvalue weighted by Crippen LogP contribution is -2.51. The Balaban J connectivity index is 1.37. The molecule has 0 unspecified atom stereocenters. The number of fused-ring (bicyclic) bond motifs is 1. The number of pyridine rings is 1. The molecule has 2 aliphatic heterocycles. The molecular weight excluding hydrogens is 392 g/mol. The Morgan fingerprint density at radius 2 is 2.10 bits per heavy atom. The third kappa shape index (κ3) is 4.61. The van der Waals surface area contributed by atoms with Crippen LogP contribution in [0.4, 0.5) is 0 Å². The fourth-order valence-corrected chi connectivity index (χ4v) is 4.92. The number of nitrogens with zero attached hydrogens (tertiary/aromatic N) is 5. The summed E-state index contributed by atoms with van der Waals surface area (Å²) in [6.45, 7) is 10.1. The van der Waals surface area contributed by atoms with Crippen LogP contribution in [0, 0.1) is 5.92 Å². The van der Waals surface area contributed by atoms with Crippen LogP contribution in [0.1, 0.15) is 61.8 Å². The highest BCUT2D eigenvalue weighted by Gasteiger charge is 2.35. The van der Waals surface area contributed by atoms with E-state index in [4.69, 9.17) is 4.74 Å². The Kier molecular flexibility index (Phi) is 5.95. The minimum atomic E-state index is -0.0724. The molecule has 0 bridgehead atoms. The average Bonchev–Trinajstić information content (AvgIpc) is 3.26. The second-order valence-corrected chi connectivity index (χ2v) is 9.60. The van der Waals surface area contributed by atoms with Crippen LogP contribution in [0.15, 0.2) is 18.3 Å². The Morgan fingerprint density at radius 3 is 2.84 bits per heavy atom. The van der Waals surface area contributed by atoms with Crippen LogP contribution in [-0.2, 0) is 4.74 Å². The molecule has 168 valence electrons. The van der Waals surface area contributed by atoms with Crippen LogP contribution in [0.2, 0.25) is 0 Å². The van der Waals surface area contributed by atoms with Gasteiger partial charge in [-0.05, 0) is 57.6 Å². The van der Waals surface area contributed by atoms with E-state index in [-0.39, 0.29) is 18.1 Å². The second-order valence-electron chi connectivity index (χ2n) is 9.60. The molecule has 31 heavy (non-hydrogen) atoms. The number of carbonyl (C=O) groups is 1. The molecule has 0 aromatic carbocycles. The van der Waals surface area contributed by atoms with Gasteiger partial charge in [0.15, 0.2) is 11.5 Å². The van der Waals surface area contributed by atoms with Crippen molar-refractivity contribution in [2.45, 2.75) is 57.7 Å². The van der Waals surface area contributed by atoms with E-state index in [0.29, 0.717) is 18.2 Å². The van der Waals surface area contributed by atoms with Gasteiger partial charge in [-0.1, -0.05) is 0 Å². The van der Waals surface area contributed by atoms with Crippen molar-refractivity contribution < 1.29 is 9.53 Å². The van der Waals surface area contributed by atoms with Crippen LogP contribution in [-0.4, -0.2) is 81.8 Å². The zero-order valence-electron chi connectivity index (χ0n) is 18.7. The molecule has 4 heterocycles. The smallest absolute Gasteiger partial charge is 0.252 e. The van der Waals surface area contributed by atoms with Crippen molar-refractivity contribution in [3.63, 3.8) is 0 Å². The number of hydrogen-bond acceptors (Lipinski definition) is 6. The number of hydrogen-bond donors (Lipinski definition) is 1. The van der Waals surface area contributed by atoms with Gasteiger partial charge in [-0.3, -0.25) is 19.0 Å². The van der Waals surface area contributed by atoms with Crippen LogP contribution >= 0.6 is 0 Å². The summed E-state index contributed by atoms with van der Waals surface area (Å²) in [6, 6.07) is 4.33. The summed E-state index contributed by atoms with van der Waals surface area (Å²) in [5.74, 6) is 1.73. The molecule has 0 spiro atoms. The zero-order chi connectivity index (χ0) is 21.4. The third-order valence-corrected chi connectivity index (χ3v) is 6.89. The monoisotopic (exact) mass is 426 g/mol. The molecule has 1 N–H and O–H groups in total. The largest absolute Gasteiger partial charge is 0.376 e. The highest BCUT2D eigenvalue weighted by atomic mass is 16.5. The van der Waals surface area contributed by atoms with Gasteiger partial charge in [-0.25, -0.2) is 0 Å². The summed E-state index contributed by atoms with van der Waals surface area (Å²) in [7, 11) is 0. The van der Waals surface area contributed by atoms with Crippen molar-refractivity contribution in [1.82, 2.24) is 29.7 Å². The summed E-state index contributed by atoms with van der Waals surface area (Å²) in [5, 5.41) is 12.0. The van der Waals surface area contributed by atoms with Gasteiger partial charge < -0.3 is 10.1 Å². The Morgan fingerprint density at radius 1 is 1.23 bits per heavy atom. The summed E-state index contributed by atoms with van der Waals surface area (Å²) in [4.78, 5) is 17.9. The fourth-order valence-electron chi connectivity index (χ4n) is 4.92. The first-order valence-electron chi connectivity index (χ1n) is 11.8. The highest BCUT2D eigenvalue weighted by molar-refractivity contribution is 5.94. The topological polar surface area (TPSA) is 75.0 Å². The Bertz CT molecular complexity index is 918. The normalized spacial score (nSPS) is 25.5. The van der Waals surface area contributed by atoms with E-state index in [9.17, 15) is 4.79 Å². The molecule has 3 fully saturated rings. The van der Waals surface area contributed by atoms with Gasteiger partial charge in [0, 0.05) is 51.6 Å². The molecule has 2 atom stereocenters. The summed E-state index contributed by atoms with van der Waals surface area (Å²) >= 11 is 0. The van der Waals surface area contributed by atoms with Gasteiger partial charge in [0.2, 0.25) is 0 Å². The fraction of sp³-hybridized carbons (Fsp3) is 0.696. The third-order valence-electron chi connectivity index (χ3n) is 6.89. The van der Waals surface area contributed by atoms with E-state index in [2.05, 4.69) is 39.2 Å². The minimum absolute atomic E-state index is 0.0724. The lowest BCUT2D eigenvalue weighted by Gasteiger charge is -2.42. The standard InChI is InChI=1S/C23H34N6O2/c1-16(2)28-10-9-27(13-17-5-6-17)15-20(28)22-26-25-21-8-7-18(14-29(21)22)23(30)24-12-19-4-3-11-31-19/h7-8,14,16-17,19-20H,3-6,9-13,15H2,1-2H3,(H,24,30)/t19-,20-/m0/s1. The van der Waals surface area contributed by atoms with Crippen LogP contribution in [0.5, 0.6) is 0 Å². The molecule has 8 nitrogen and oxygen atoms in total. The number of piperazine rings is 1. The van der Waals surface area contributed by atoms with Gasteiger partial charge in [-0.15, -0.1) is 10.2 Å². The van der Waals surface area contributed by atoms with Crippen molar-refractivity contribution in [1.29, 1.82) is 0 Å². The van der Waals surface area contributed by atoms with Crippen molar-refractivity contribution in [3.05, 3.63) is 29.7 Å². The van der Waals surface area contributed by atoms with Crippen LogP contribution < -0.4 is 5.32 Å². The van der Waals surface area contributed by atoms with Gasteiger partial charge in [0.05, 0.1) is 17.7 Å². The zero-order valence-corrected chi connectivity index (χ0v) is 18.7. The molecule has 3 aliphatic rings. The molecule has 2 saturated heterocycles. The first-order chi connectivity index (χ1) is 15.1. The molecule has 2 aromatic heterocycles. The quantitative estimate of drug-likeness (QED) is 0.731. The second kappa shape index (κ2) is 8.84. The van der Waals surface area contributed by atoms with Gasteiger partial charge >= 0.3 is 0 Å². The SMILES string of the molecule is CC(C)N1CCN(CC2CC2)C[C@H]1c1nnc2ccc(C(=O)NC[C@@H]3CCCO3)cn12. The number of ether oxygens (including phenoxy) is 1. The van der Waals surface area contributed by atoms with Gasteiger partial charge in [0.25, 0.3) is 5.91 Å². The molecule has 1 saturated carbocycles. The average molecular weight is 427 g/mol. The molecule has 2 aromatic rings. The number of amides is 1. The van der Waals surface area contributed by atoms with E-state index < -0.39 is 0 Å². The molecule has 5 rings (SSSR count). The molecule has 1 amide bonds. The summed E-state index contributed by atoms with van der Waals surface area (Å²) in [6.07, 6.45) is 6.85. The highest BCUT2D eigenvalue weighted by Crippen LogP contribution is 2.33. The molecular formula is C23H34N6O2. The maximum Gasteiger partial charge on any atom is 0.252 e. The number of carbonyl (C=O) groups excluding carboxylic acids is 1. The number of aromatic nitrogens is 3. The summed E-state index contributed by atoms with van der Waals surface area (Å²) in [5.41, 5.74) is 1.42. The van der Waals surface area contributed by atoms with E-state index in [0.717, 1.165) is 56.5 Å². The van der Waals surface area contributed by atoms with Gasteiger partial charge in [0.1, 0.15) is 0 Å². The van der Waals surface area contributed by atoms with Crippen LogP contribution in [0.3, 0.4) is 0 Å². The molecule has 1 aliphatic carbocycles. The predicted octanol–water partition coefficient (Wildman–Crippen LogP) is 2.12. The van der Waals surface area contributed by atoms with Crippen molar-refractivity contribution in [3.8, 4) is 0 Å². The minimum Gasteiger partial charge on any atom is -0.376 e. The van der Waals surface area contributed by atoms with E-state index in [1.165, 1.54) is 19.4 Å². The maximum absolute atomic E-state index is 12.8. The number of nitrogens with one attached hydrogen (secondary N) is 1. The Labute approximate surface area is 183 Å². The molecule has 0 radical (unpaired) electrons. The van der Waals surface area contributed by atoms with E-state index >= 15 is 0 Å². The predicted molar refractivity (Wildman–Crippen MR) is 118 cm³/mol. The first-order valence-corrected chi connectivity index (χ1v) is 11.8. The van der Waals surface area contributed by atoms with Crippen LogP contribution in [0.25, 0.3) is 5.65 Å². The summed E-state index contributed by atoms with van der Waals surface area (Å²) < 4.78 is 7.64. The first kappa shape index (κ1) is 20.8.